The Labute approximate surface area is 175 Å². The van der Waals surface area contributed by atoms with E-state index in [9.17, 15) is 4.79 Å². The molecule has 2 N–H and O–H groups in total. The van der Waals surface area contributed by atoms with Gasteiger partial charge in [0.2, 0.25) is 5.88 Å². The van der Waals surface area contributed by atoms with Crippen LogP contribution in [0.3, 0.4) is 0 Å². The lowest BCUT2D eigenvalue weighted by molar-refractivity contribution is 0.102. The quantitative estimate of drug-likeness (QED) is 0.507. The number of hydrogen-bond acceptors (Lipinski definition) is 9. The lowest BCUT2D eigenvalue weighted by Gasteiger charge is -2.27. The van der Waals surface area contributed by atoms with Crippen molar-refractivity contribution >= 4 is 34.0 Å². The fourth-order valence-corrected chi connectivity index (χ4v) is 3.66. The summed E-state index contributed by atoms with van der Waals surface area (Å²) in [5, 5.41) is 25.1. The van der Waals surface area contributed by atoms with Gasteiger partial charge in [0.25, 0.3) is 5.91 Å². The molecule has 1 aliphatic rings. The van der Waals surface area contributed by atoms with E-state index < -0.39 is 0 Å². The van der Waals surface area contributed by atoms with Gasteiger partial charge in [0.1, 0.15) is 16.1 Å². The second kappa shape index (κ2) is 7.73. The normalized spacial score (nSPS) is 13.8. The number of aromatic nitrogens is 5. The minimum atomic E-state index is -0.307. The summed E-state index contributed by atoms with van der Waals surface area (Å²) in [6.07, 6.45) is 1.65. The van der Waals surface area contributed by atoms with Gasteiger partial charge in [-0.15, -0.1) is 20.4 Å². The number of anilines is 1. The average Bonchev–Trinajstić information content (AvgIpc) is 3.17. The molecular formula is C20H17N7O2S. The molecule has 0 saturated carbocycles. The summed E-state index contributed by atoms with van der Waals surface area (Å²) in [4.78, 5) is 16.8. The summed E-state index contributed by atoms with van der Waals surface area (Å²) >= 11 is 1.52. The van der Waals surface area contributed by atoms with Gasteiger partial charge in [-0.25, -0.2) is 4.98 Å². The Bertz CT molecular complexity index is 1240. The van der Waals surface area contributed by atoms with Crippen LogP contribution >= 0.6 is 11.3 Å². The van der Waals surface area contributed by atoms with E-state index in [1.165, 1.54) is 11.3 Å². The van der Waals surface area contributed by atoms with Crippen LogP contribution in [0.2, 0.25) is 0 Å². The molecule has 1 aliphatic heterocycles. The highest BCUT2D eigenvalue weighted by Gasteiger charge is 2.19. The predicted octanol–water partition coefficient (Wildman–Crippen LogP) is 2.45. The number of nitrogens with zero attached hydrogens (tertiary/aromatic N) is 5. The first-order valence-electron chi connectivity index (χ1n) is 9.37. The molecular weight excluding hydrogens is 402 g/mol. The second-order valence-electron chi connectivity index (χ2n) is 6.86. The molecule has 0 spiro atoms. The van der Waals surface area contributed by atoms with Crippen molar-refractivity contribution < 1.29 is 9.53 Å². The zero-order valence-electron chi connectivity index (χ0n) is 16.0. The molecule has 1 fully saturated rings. The van der Waals surface area contributed by atoms with Gasteiger partial charge in [0.05, 0.1) is 5.52 Å². The Morgan fingerprint density at radius 1 is 1.13 bits per heavy atom. The van der Waals surface area contributed by atoms with Crippen molar-refractivity contribution in [3.05, 3.63) is 53.2 Å². The molecule has 0 unspecified atom stereocenters. The molecule has 1 amide bonds. The first kappa shape index (κ1) is 18.5. The number of amides is 1. The van der Waals surface area contributed by atoms with Crippen LogP contribution in [0.4, 0.5) is 5.82 Å². The predicted molar refractivity (Wildman–Crippen MR) is 113 cm³/mol. The van der Waals surface area contributed by atoms with E-state index in [4.69, 9.17) is 4.74 Å². The Morgan fingerprint density at radius 2 is 2.03 bits per heavy atom. The van der Waals surface area contributed by atoms with Crippen molar-refractivity contribution in [2.75, 3.05) is 18.4 Å². The molecule has 0 atom stereocenters. The summed E-state index contributed by atoms with van der Waals surface area (Å²) in [6.45, 7) is 3.48. The van der Waals surface area contributed by atoms with Gasteiger partial charge in [-0.05, 0) is 37.3 Å². The van der Waals surface area contributed by atoms with Crippen LogP contribution in [0, 0.1) is 6.92 Å². The third-order valence-corrected chi connectivity index (χ3v) is 5.52. The van der Waals surface area contributed by atoms with Crippen LogP contribution in [-0.4, -0.2) is 50.5 Å². The van der Waals surface area contributed by atoms with Gasteiger partial charge in [-0.2, -0.15) is 0 Å². The molecule has 30 heavy (non-hydrogen) atoms. The number of ether oxygens (including phenoxy) is 1. The average molecular weight is 419 g/mol. The molecule has 1 saturated heterocycles. The molecule has 4 aromatic rings. The standard InChI is InChI=1S/C20H17N7O2S/c1-11-24-27-20(30-11)13-2-3-16-14(6-13)7-17(26-25-16)23-19(28)12-4-5-22-18(8-12)29-15-9-21-10-15/h2-8,15,21H,9-10H2,1H3,(H,23,26,28). The fraction of sp³-hybridized carbons (Fsp3) is 0.200. The van der Waals surface area contributed by atoms with Crippen molar-refractivity contribution in [3.63, 3.8) is 0 Å². The van der Waals surface area contributed by atoms with Gasteiger partial charge in [0, 0.05) is 41.9 Å². The summed E-state index contributed by atoms with van der Waals surface area (Å²) in [5.74, 6) is 0.481. The minimum absolute atomic E-state index is 0.0909. The third kappa shape index (κ3) is 3.82. The van der Waals surface area contributed by atoms with E-state index in [0.29, 0.717) is 17.3 Å². The highest BCUT2D eigenvalue weighted by Crippen LogP contribution is 2.27. The lowest BCUT2D eigenvalue weighted by atomic mass is 10.1. The van der Waals surface area contributed by atoms with Crippen LogP contribution in [0.25, 0.3) is 21.5 Å². The first-order chi connectivity index (χ1) is 14.6. The molecule has 150 valence electrons. The molecule has 3 aromatic heterocycles. The van der Waals surface area contributed by atoms with Gasteiger partial charge < -0.3 is 15.4 Å². The van der Waals surface area contributed by atoms with Crippen LogP contribution in [-0.2, 0) is 0 Å². The first-order valence-corrected chi connectivity index (χ1v) is 10.2. The van der Waals surface area contributed by atoms with Crippen molar-refractivity contribution in [1.82, 2.24) is 30.7 Å². The summed E-state index contributed by atoms with van der Waals surface area (Å²) in [5.41, 5.74) is 2.11. The molecule has 0 radical (unpaired) electrons. The van der Waals surface area contributed by atoms with E-state index >= 15 is 0 Å². The van der Waals surface area contributed by atoms with Crippen molar-refractivity contribution in [1.29, 1.82) is 0 Å². The molecule has 10 heteroatoms. The molecule has 4 heterocycles. The molecule has 5 rings (SSSR count). The van der Waals surface area contributed by atoms with Gasteiger partial charge in [0.15, 0.2) is 5.82 Å². The SMILES string of the molecule is Cc1nnc(-c2ccc3nnc(NC(=O)c4ccnc(OC5CNC5)c4)cc3c2)s1. The maximum Gasteiger partial charge on any atom is 0.257 e. The number of benzene rings is 1. The van der Waals surface area contributed by atoms with E-state index in [1.54, 1.807) is 24.4 Å². The summed E-state index contributed by atoms with van der Waals surface area (Å²) < 4.78 is 5.71. The van der Waals surface area contributed by atoms with Gasteiger partial charge >= 0.3 is 0 Å². The lowest BCUT2D eigenvalue weighted by Crippen LogP contribution is -2.50. The number of carbonyl (C=O) groups excluding carboxylic acids is 1. The number of aryl methyl sites for hydroxylation is 1. The third-order valence-electron chi connectivity index (χ3n) is 4.63. The molecule has 0 aliphatic carbocycles. The molecule has 9 nitrogen and oxygen atoms in total. The largest absolute Gasteiger partial charge is 0.472 e. The zero-order chi connectivity index (χ0) is 20.5. The summed E-state index contributed by atoms with van der Waals surface area (Å²) in [7, 11) is 0. The monoisotopic (exact) mass is 419 g/mol. The van der Waals surface area contributed by atoms with Crippen LogP contribution in [0.15, 0.2) is 42.6 Å². The van der Waals surface area contributed by atoms with E-state index in [1.807, 2.05) is 25.1 Å². The van der Waals surface area contributed by atoms with Crippen molar-refractivity contribution in [2.24, 2.45) is 0 Å². The Kier molecular flexibility index (Phi) is 4.77. The number of carbonyl (C=O) groups is 1. The topological polar surface area (TPSA) is 115 Å². The summed E-state index contributed by atoms with van der Waals surface area (Å²) in [6, 6.07) is 10.8. The zero-order valence-corrected chi connectivity index (χ0v) is 16.8. The van der Waals surface area contributed by atoms with E-state index in [2.05, 4.69) is 36.0 Å². The molecule has 1 aromatic carbocycles. The number of pyridine rings is 1. The minimum Gasteiger partial charge on any atom is -0.472 e. The smallest absolute Gasteiger partial charge is 0.257 e. The van der Waals surface area contributed by atoms with Crippen LogP contribution in [0.5, 0.6) is 5.88 Å². The number of nitrogens with one attached hydrogen (secondary N) is 2. The molecule has 0 bridgehead atoms. The Morgan fingerprint density at radius 3 is 2.80 bits per heavy atom. The number of fused-ring (bicyclic) bond motifs is 1. The number of hydrogen-bond donors (Lipinski definition) is 2. The van der Waals surface area contributed by atoms with Crippen molar-refractivity contribution in [2.45, 2.75) is 13.0 Å². The fourth-order valence-electron chi connectivity index (χ4n) is 2.97. The Balaban J connectivity index is 1.36. The second-order valence-corrected chi connectivity index (χ2v) is 8.05. The van der Waals surface area contributed by atoms with E-state index in [0.717, 1.165) is 39.6 Å². The van der Waals surface area contributed by atoms with Gasteiger partial charge in [-0.3, -0.25) is 4.79 Å². The van der Waals surface area contributed by atoms with Crippen molar-refractivity contribution in [3.8, 4) is 16.5 Å². The highest BCUT2D eigenvalue weighted by molar-refractivity contribution is 7.14. The van der Waals surface area contributed by atoms with Gasteiger partial charge in [-0.1, -0.05) is 11.3 Å². The maximum atomic E-state index is 12.7. The van der Waals surface area contributed by atoms with Crippen LogP contribution in [0.1, 0.15) is 15.4 Å². The van der Waals surface area contributed by atoms with Crippen LogP contribution < -0.4 is 15.4 Å². The number of rotatable bonds is 5. The Hall–Kier alpha value is -3.50. The maximum absolute atomic E-state index is 12.7. The van der Waals surface area contributed by atoms with E-state index in [-0.39, 0.29) is 12.0 Å². The highest BCUT2D eigenvalue weighted by atomic mass is 32.1.